The number of hydrogen-bond donors (Lipinski definition) is 1. The molecule has 0 aromatic carbocycles. The topological polar surface area (TPSA) is 92.8 Å². The van der Waals surface area contributed by atoms with Gasteiger partial charge in [0.05, 0.1) is 0 Å². The maximum atomic E-state index is 10.9. The van der Waals surface area contributed by atoms with E-state index in [1.165, 1.54) is 25.8 Å². The van der Waals surface area contributed by atoms with Crippen molar-refractivity contribution in [2.24, 2.45) is 0 Å². The molecule has 7 heteroatoms. The summed E-state index contributed by atoms with van der Waals surface area (Å²) in [6.07, 6.45) is 3.99. The Bertz CT molecular complexity index is 325. The van der Waals surface area contributed by atoms with Crippen LogP contribution in [0.1, 0.15) is 59.3 Å². The summed E-state index contributed by atoms with van der Waals surface area (Å²) in [4.78, 5) is 46.6. The van der Waals surface area contributed by atoms with Gasteiger partial charge in [0, 0.05) is 12.8 Å². The van der Waals surface area contributed by atoms with E-state index in [0.29, 0.717) is 11.3 Å². The van der Waals surface area contributed by atoms with Crippen molar-refractivity contribution in [2.75, 3.05) is 13.6 Å². The average Bonchev–Trinajstić information content (AvgIpc) is 2.83. The van der Waals surface area contributed by atoms with Crippen molar-refractivity contribution in [2.45, 2.75) is 59.3 Å². The Morgan fingerprint density at radius 2 is 1.77 bits per heavy atom. The second-order valence-corrected chi connectivity index (χ2v) is 4.23. The molecule has 22 heavy (non-hydrogen) atoms. The fourth-order valence-corrected chi connectivity index (χ4v) is 1.42. The standard InChI is InChI=1S/C7H7NO5.C6H15N.C2H6/c9-4-3-7(12)13-8-5(10)1-2-6(8)11;1-3-4-5-6-7-2;1-2/h4H,1-3H2;7H,3-6H2,1-2H3;1-2H3. The van der Waals surface area contributed by atoms with Gasteiger partial charge in [-0.2, -0.15) is 0 Å². The van der Waals surface area contributed by atoms with E-state index in [2.05, 4.69) is 17.1 Å². The molecule has 1 N–H and O–H groups in total. The summed E-state index contributed by atoms with van der Waals surface area (Å²) in [5.74, 6) is -2.01. The van der Waals surface area contributed by atoms with E-state index < -0.39 is 24.2 Å². The van der Waals surface area contributed by atoms with Crippen LogP contribution in [-0.4, -0.2) is 42.7 Å². The van der Waals surface area contributed by atoms with Gasteiger partial charge in [0.1, 0.15) is 12.7 Å². The van der Waals surface area contributed by atoms with Crippen molar-refractivity contribution < 1.29 is 24.0 Å². The molecule has 1 rings (SSSR count). The molecule has 0 spiro atoms. The summed E-state index contributed by atoms with van der Waals surface area (Å²) in [6.45, 7) is 7.39. The minimum atomic E-state index is -0.904. The minimum absolute atomic E-state index is 0.0488. The van der Waals surface area contributed by atoms with Gasteiger partial charge in [-0.3, -0.25) is 9.59 Å². The van der Waals surface area contributed by atoms with E-state index in [-0.39, 0.29) is 12.8 Å². The number of hydroxylamine groups is 2. The van der Waals surface area contributed by atoms with E-state index in [1.807, 2.05) is 20.9 Å². The molecule has 1 aliphatic heterocycles. The number of aldehydes is 1. The lowest BCUT2D eigenvalue weighted by Gasteiger charge is -2.10. The number of rotatable bonds is 7. The van der Waals surface area contributed by atoms with Crippen LogP contribution < -0.4 is 5.32 Å². The predicted octanol–water partition coefficient (Wildman–Crippen LogP) is 1.60. The van der Waals surface area contributed by atoms with Crippen LogP contribution in [0.2, 0.25) is 0 Å². The number of nitrogens with one attached hydrogen (secondary N) is 1. The van der Waals surface area contributed by atoms with Gasteiger partial charge in [0.2, 0.25) is 0 Å². The van der Waals surface area contributed by atoms with Gasteiger partial charge in [-0.1, -0.05) is 33.6 Å². The molecule has 1 saturated heterocycles. The maximum absolute atomic E-state index is 10.9. The highest BCUT2D eigenvalue weighted by Gasteiger charge is 2.32. The zero-order chi connectivity index (χ0) is 17.4. The summed E-state index contributed by atoms with van der Waals surface area (Å²) in [5, 5.41) is 3.51. The third kappa shape index (κ3) is 11.0. The van der Waals surface area contributed by atoms with Gasteiger partial charge in [-0.15, -0.1) is 5.06 Å². The molecule has 1 aliphatic rings. The number of unbranched alkanes of at least 4 members (excludes halogenated alkanes) is 2. The van der Waals surface area contributed by atoms with Crippen LogP contribution in [0.5, 0.6) is 0 Å². The normalized spacial score (nSPS) is 12.8. The van der Waals surface area contributed by atoms with Crippen molar-refractivity contribution in [1.82, 2.24) is 10.4 Å². The molecule has 0 atom stereocenters. The molecule has 1 heterocycles. The molecule has 128 valence electrons. The lowest BCUT2D eigenvalue weighted by Crippen LogP contribution is -2.32. The van der Waals surface area contributed by atoms with Crippen LogP contribution >= 0.6 is 0 Å². The summed E-state index contributed by atoms with van der Waals surface area (Å²) >= 11 is 0. The zero-order valence-corrected chi connectivity index (χ0v) is 14.0. The van der Waals surface area contributed by atoms with Gasteiger partial charge in [-0.25, -0.2) is 4.79 Å². The molecule has 0 aromatic rings. The van der Waals surface area contributed by atoms with Crippen LogP contribution in [0, 0.1) is 0 Å². The van der Waals surface area contributed by atoms with Gasteiger partial charge in [-0.05, 0) is 20.0 Å². The Kier molecular flexibility index (Phi) is 16.0. The van der Waals surface area contributed by atoms with Crippen LogP contribution in [0.15, 0.2) is 0 Å². The molecule has 2 amide bonds. The summed E-state index contributed by atoms with van der Waals surface area (Å²) in [5.41, 5.74) is 0. The zero-order valence-electron chi connectivity index (χ0n) is 14.0. The summed E-state index contributed by atoms with van der Waals surface area (Å²) in [7, 11) is 2.00. The number of imide groups is 1. The van der Waals surface area contributed by atoms with Gasteiger partial charge < -0.3 is 14.9 Å². The number of amides is 2. The van der Waals surface area contributed by atoms with Crippen LogP contribution in [0.3, 0.4) is 0 Å². The highest BCUT2D eigenvalue weighted by molar-refractivity contribution is 6.02. The molecule has 1 fully saturated rings. The van der Waals surface area contributed by atoms with E-state index >= 15 is 0 Å². The number of carbonyl (C=O) groups is 4. The third-order valence-corrected chi connectivity index (χ3v) is 2.48. The third-order valence-electron chi connectivity index (χ3n) is 2.48. The molecule has 7 nitrogen and oxygen atoms in total. The van der Waals surface area contributed by atoms with Gasteiger partial charge >= 0.3 is 5.97 Å². The quantitative estimate of drug-likeness (QED) is 0.332. The van der Waals surface area contributed by atoms with Crippen LogP contribution in [0.4, 0.5) is 0 Å². The van der Waals surface area contributed by atoms with Crippen molar-refractivity contribution in [3.63, 3.8) is 0 Å². The summed E-state index contributed by atoms with van der Waals surface area (Å²) < 4.78 is 0. The molecule has 0 aromatic heterocycles. The number of nitrogens with zero attached hydrogens (tertiary/aromatic N) is 1. The Morgan fingerprint density at radius 1 is 1.23 bits per heavy atom. The highest BCUT2D eigenvalue weighted by Crippen LogP contribution is 2.12. The Labute approximate surface area is 132 Å². The van der Waals surface area contributed by atoms with Gasteiger partial charge in [0.15, 0.2) is 0 Å². The average molecular weight is 316 g/mol. The monoisotopic (exact) mass is 316 g/mol. The predicted molar refractivity (Wildman–Crippen MR) is 82.7 cm³/mol. The first-order valence-electron chi connectivity index (χ1n) is 7.71. The van der Waals surface area contributed by atoms with Crippen molar-refractivity contribution in [1.29, 1.82) is 0 Å². The molecular formula is C15H28N2O5. The van der Waals surface area contributed by atoms with Gasteiger partial charge in [0.25, 0.3) is 11.8 Å². The second-order valence-electron chi connectivity index (χ2n) is 4.23. The first-order chi connectivity index (χ1) is 10.6. The number of hydrogen-bond acceptors (Lipinski definition) is 6. The Morgan fingerprint density at radius 3 is 2.18 bits per heavy atom. The SMILES string of the molecule is CC.CCCCCNC.O=CCC(=O)ON1C(=O)CCC1=O. The van der Waals surface area contributed by atoms with Crippen LogP contribution in [0.25, 0.3) is 0 Å². The molecular weight excluding hydrogens is 288 g/mol. The largest absolute Gasteiger partial charge is 0.340 e. The lowest BCUT2D eigenvalue weighted by molar-refractivity contribution is -0.197. The first kappa shape index (κ1) is 22.5. The van der Waals surface area contributed by atoms with Crippen molar-refractivity contribution in [3.8, 4) is 0 Å². The van der Waals surface area contributed by atoms with E-state index in [0.717, 1.165) is 0 Å². The van der Waals surface area contributed by atoms with Crippen LogP contribution in [-0.2, 0) is 24.0 Å². The van der Waals surface area contributed by atoms with Crippen molar-refractivity contribution >= 4 is 24.1 Å². The maximum Gasteiger partial charge on any atom is 0.340 e. The smallest absolute Gasteiger partial charge is 0.330 e. The summed E-state index contributed by atoms with van der Waals surface area (Å²) in [6, 6.07) is 0. The fourth-order valence-electron chi connectivity index (χ4n) is 1.42. The van der Waals surface area contributed by atoms with E-state index in [1.54, 1.807) is 0 Å². The Balaban J connectivity index is 0. The highest BCUT2D eigenvalue weighted by atomic mass is 16.7. The second kappa shape index (κ2) is 15.6. The molecule has 0 radical (unpaired) electrons. The van der Waals surface area contributed by atoms with E-state index in [4.69, 9.17) is 0 Å². The Hall–Kier alpha value is -1.76. The lowest BCUT2D eigenvalue weighted by atomic mass is 10.2. The van der Waals surface area contributed by atoms with E-state index in [9.17, 15) is 19.2 Å². The molecule has 0 saturated carbocycles. The fraction of sp³-hybridized carbons (Fsp3) is 0.733. The first-order valence-corrected chi connectivity index (χ1v) is 7.71. The number of carbonyl (C=O) groups excluding carboxylic acids is 4. The molecule has 0 aliphatic carbocycles. The molecule has 0 unspecified atom stereocenters. The minimum Gasteiger partial charge on any atom is -0.330 e. The van der Waals surface area contributed by atoms with Crippen molar-refractivity contribution in [3.05, 3.63) is 0 Å². The molecule has 0 bridgehead atoms.